The molecule has 1 aromatic carbocycles. The fraction of sp³-hybridized carbons (Fsp3) is 0.417. The summed E-state index contributed by atoms with van der Waals surface area (Å²) in [7, 11) is 0. The van der Waals surface area contributed by atoms with Crippen LogP contribution >= 0.6 is 0 Å². The van der Waals surface area contributed by atoms with Gasteiger partial charge in [-0.1, -0.05) is 42.4 Å². The van der Waals surface area contributed by atoms with E-state index < -0.39 is 0 Å². The molecule has 1 unspecified atom stereocenters. The van der Waals surface area contributed by atoms with Crippen LogP contribution in [0.1, 0.15) is 25.3 Å². The number of oxime groups is 1. The number of hydrogen-bond donors (Lipinski definition) is 2. The second kappa shape index (κ2) is 6.85. The van der Waals surface area contributed by atoms with Crippen LogP contribution in [-0.4, -0.2) is 17.1 Å². The monoisotopic (exact) mass is 222 g/mol. The normalized spacial score (nSPS) is 13.7. The Balaban J connectivity index is 2.40. The maximum atomic E-state index is 8.47. The van der Waals surface area contributed by atoms with Gasteiger partial charge in [0.05, 0.1) is 12.7 Å². The Hall–Kier alpha value is -1.55. The van der Waals surface area contributed by atoms with Crippen LogP contribution in [0.15, 0.2) is 35.5 Å². The zero-order chi connectivity index (χ0) is 11.8. The largest absolute Gasteiger partial charge is 0.409 e. The summed E-state index contributed by atoms with van der Waals surface area (Å²) >= 11 is 0. The molecule has 0 fully saturated rings. The average Bonchev–Trinajstić information content (AvgIpc) is 2.35. The van der Waals surface area contributed by atoms with Gasteiger partial charge in [-0.2, -0.15) is 0 Å². The van der Waals surface area contributed by atoms with E-state index in [2.05, 4.69) is 5.16 Å². The highest BCUT2D eigenvalue weighted by Crippen LogP contribution is 2.08. The SMILES string of the molecule is CCC(C/C(N)=N/O)OCc1ccccc1. The molecule has 0 amide bonds. The Morgan fingerprint density at radius 3 is 2.69 bits per heavy atom. The molecule has 1 aromatic rings. The summed E-state index contributed by atoms with van der Waals surface area (Å²) in [4.78, 5) is 0. The van der Waals surface area contributed by atoms with Crippen molar-refractivity contribution in [2.45, 2.75) is 32.5 Å². The predicted octanol–water partition coefficient (Wildman–Crippen LogP) is 2.12. The van der Waals surface area contributed by atoms with Crippen molar-refractivity contribution in [3.05, 3.63) is 35.9 Å². The zero-order valence-electron chi connectivity index (χ0n) is 9.47. The van der Waals surface area contributed by atoms with Gasteiger partial charge in [-0.3, -0.25) is 0 Å². The summed E-state index contributed by atoms with van der Waals surface area (Å²) in [6.07, 6.45) is 1.29. The van der Waals surface area contributed by atoms with Crippen LogP contribution in [0, 0.1) is 0 Å². The highest BCUT2D eigenvalue weighted by Gasteiger charge is 2.09. The van der Waals surface area contributed by atoms with Gasteiger partial charge in [0.15, 0.2) is 0 Å². The van der Waals surface area contributed by atoms with Crippen LogP contribution in [0.2, 0.25) is 0 Å². The topological polar surface area (TPSA) is 67.8 Å². The van der Waals surface area contributed by atoms with Crippen LogP contribution in [-0.2, 0) is 11.3 Å². The number of ether oxygens (including phenoxy) is 1. The first-order valence-electron chi connectivity index (χ1n) is 5.38. The van der Waals surface area contributed by atoms with E-state index in [4.69, 9.17) is 15.7 Å². The lowest BCUT2D eigenvalue weighted by Gasteiger charge is -2.15. The molecule has 0 aromatic heterocycles. The van der Waals surface area contributed by atoms with Crippen LogP contribution in [0.3, 0.4) is 0 Å². The molecule has 1 atom stereocenters. The maximum absolute atomic E-state index is 8.47. The van der Waals surface area contributed by atoms with Gasteiger partial charge in [0.2, 0.25) is 0 Å². The minimum absolute atomic E-state index is 0.00361. The van der Waals surface area contributed by atoms with Crippen LogP contribution in [0.4, 0.5) is 0 Å². The zero-order valence-corrected chi connectivity index (χ0v) is 9.47. The molecule has 0 spiro atoms. The van der Waals surface area contributed by atoms with Gasteiger partial charge in [0.1, 0.15) is 5.84 Å². The highest BCUT2D eigenvalue weighted by molar-refractivity contribution is 5.80. The predicted molar refractivity (Wildman–Crippen MR) is 63.3 cm³/mol. The van der Waals surface area contributed by atoms with E-state index in [1.165, 1.54) is 0 Å². The van der Waals surface area contributed by atoms with Crippen LogP contribution in [0.5, 0.6) is 0 Å². The van der Waals surface area contributed by atoms with E-state index in [1.807, 2.05) is 37.3 Å². The summed E-state index contributed by atoms with van der Waals surface area (Å²) in [6, 6.07) is 9.94. The molecule has 1 rings (SSSR count). The number of amidine groups is 1. The van der Waals surface area contributed by atoms with E-state index in [0.29, 0.717) is 13.0 Å². The molecular formula is C12H18N2O2. The van der Waals surface area contributed by atoms with E-state index in [0.717, 1.165) is 12.0 Å². The summed E-state index contributed by atoms with van der Waals surface area (Å²) in [5.41, 5.74) is 6.56. The van der Waals surface area contributed by atoms with Crippen molar-refractivity contribution in [1.82, 2.24) is 0 Å². The Morgan fingerprint density at radius 2 is 2.12 bits per heavy atom. The van der Waals surface area contributed by atoms with Crippen LogP contribution in [0.25, 0.3) is 0 Å². The van der Waals surface area contributed by atoms with Gasteiger partial charge in [-0.25, -0.2) is 0 Å². The van der Waals surface area contributed by atoms with E-state index in [9.17, 15) is 0 Å². The minimum atomic E-state index is -0.00361. The van der Waals surface area contributed by atoms with Crippen molar-refractivity contribution < 1.29 is 9.94 Å². The molecule has 0 bridgehead atoms. The lowest BCUT2D eigenvalue weighted by Crippen LogP contribution is -2.22. The maximum Gasteiger partial charge on any atom is 0.141 e. The molecule has 3 N–H and O–H groups in total. The third kappa shape index (κ3) is 4.31. The molecule has 0 aliphatic rings. The lowest BCUT2D eigenvalue weighted by atomic mass is 10.2. The van der Waals surface area contributed by atoms with Crippen molar-refractivity contribution in [2.75, 3.05) is 0 Å². The van der Waals surface area contributed by atoms with Crippen molar-refractivity contribution in [1.29, 1.82) is 0 Å². The van der Waals surface area contributed by atoms with Gasteiger partial charge in [-0.15, -0.1) is 0 Å². The van der Waals surface area contributed by atoms with E-state index in [1.54, 1.807) is 0 Å². The summed E-state index contributed by atoms with van der Waals surface area (Å²) < 4.78 is 5.68. The smallest absolute Gasteiger partial charge is 0.141 e. The quantitative estimate of drug-likeness (QED) is 0.335. The third-order valence-corrected chi connectivity index (χ3v) is 2.35. The number of hydrogen-bond acceptors (Lipinski definition) is 3. The molecular weight excluding hydrogens is 204 g/mol. The van der Waals surface area contributed by atoms with E-state index >= 15 is 0 Å². The highest BCUT2D eigenvalue weighted by atomic mass is 16.5. The average molecular weight is 222 g/mol. The minimum Gasteiger partial charge on any atom is -0.409 e. The number of nitrogens with zero attached hydrogens (tertiary/aromatic N) is 1. The molecule has 0 aliphatic heterocycles. The molecule has 0 saturated carbocycles. The number of nitrogens with two attached hydrogens (primary N) is 1. The first-order valence-corrected chi connectivity index (χ1v) is 5.38. The fourth-order valence-electron chi connectivity index (χ4n) is 1.38. The Labute approximate surface area is 95.7 Å². The summed E-state index contributed by atoms with van der Waals surface area (Å²) in [5.74, 6) is 0.208. The first-order chi connectivity index (χ1) is 7.76. The molecule has 0 radical (unpaired) electrons. The van der Waals surface area contributed by atoms with Crippen LogP contribution < -0.4 is 5.73 Å². The third-order valence-electron chi connectivity index (χ3n) is 2.35. The molecule has 4 nitrogen and oxygen atoms in total. The molecule has 0 saturated heterocycles. The lowest BCUT2D eigenvalue weighted by molar-refractivity contribution is 0.0424. The van der Waals surface area contributed by atoms with Crippen molar-refractivity contribution in [2.24, 2.45) is 10.9 Å². The van der Waals surface area contributed by atoms with Crippen molar-refractivity contribution in [3.8, 4) is 0 Å². The van der Waals surface area contributed by atoms with Gasteiger partial charge in [0.25, 0.3) is 0 Å². The first kappa shape index (κ1) is 12.5. The molecule has 0 heterocycles. The molecule has 88 valence electrons. The molecule has 0 aliphatic carbocycles. The second-order valence-electron chi connectivity index (χ2n) is 3.62. The second-order valence-corrected chi connectivity index (χ2v) is 3.62. The van der Waals surface area contributed by atoms with Gasteiger partial charge in [-0.05, 0) is 12.0 Å². The fourth-order valence-corrected chi connectivity index (χ4v) is 1.38. The molecule has 4 heteroatoms. The van der Waals surface area contributed by atoms with Crippen molar-refractivity contribution in [3.63, 3.8) is 0 Å². The van der Waals surface area contributed by atoms with Crippen molar-refractivity contribution >= 4 is 5.84 Å². The summed E-state index contributed by atoms with van der Waals surface area (Å²) in [6.45, 7) is 2.57. The van der Waals surface area contributed by atoms with Gasteiger partial charge < -0.3 is 15.7 Å². The number of benzene rings is 1. The Morgan fingerprint density at radius 1 is 1.44 bits per heavy atom. The Bertz CT molecular complexity index is 325. The van der Waals surface area contributed by atoms with Gasteiger partial charge in [0, 0.05) is 6.42 Å². The van der Waals surface area contributed by atoms with E-state index in [-0.39, 0.29) is 11.9 Å². The number of rotatable bonds is 6. The Kier molecular flexibility index (Phi) is 5.36. The standard InChI is InChI=1S/C12H18N2O2/c1-2-11(8-12(13)14-15)16-9-10-6-4-3-5-7-10/h3-7,11,15H,2,8-9H2,1H3,(H2,13,14). The van der Waals surface area contributed by atoms with Gasteiger partial charge >= 0.3 is 0 Å². The summed E-state index contributed by atoms with van der Waals surface area (Å²) in [5, 5.41) is 11.4. The molecule has 16 heavy (non-hydrogen) atoms.